The molecule has 3 aromatic rings. The smallest absolute Gasteiger partial charge is 0.319 e. The van der Waals surface area contributed by atoms with Crippen LogP contribution in [0.15, 0.2) is 65.1 Å². The molecular weight excluding hydrogens is 368 g/mol. The van der Waals surface area contributed by atoms with E-state index in [9.17, 15) is 4.79 Å². The standard InChI is InChI=1S/C19H17BrN2O2/c1-24-18-10-7-13-11-14(20)8-9-16(13)17(18)12-21-19(23)22-15-5-3-2-4-6-15/h2-11H,12H2,1H3,(H2,21,22,23). The lowest BCUT2D eigenvalue weighted by Crippen LogP contribution is -2.28. The first-order chi connectivity index (χ1) is 11.7. The van der Waals surface area contributed by atoms with E-state index in [1.54, 1.807) is 7.11 Å². The Labute approximate surface area is 149 Å². The molecule has 0 aromatic heterocycles. The van der Waals surface area contributed by atoms with Crippen molar-refractivity contribution in [2.24, 2.45) is 0 Å². The summed E-state index contributed by atoms with van der Waals surface area (Å²) in [6.07, 6.45) is 0. The molecule has 0 aliphatic heterocycles. The number of halogens is 1. The number of para-hydroxylation sites is 1. The molecule has 5 heteroatoms. The quantitative estimate of drug-likeness (QED) is 0.669. The average Bonchev–Trinajstić information content (AvgIpc) is 2.60. The largest absolute Gasteiger partial charge is 0.496 e. The summed E-state index contributed by atoms with van der Waals surface area (Å²) in [6.45, 7) is 0.376. The predicted molar refractivity (Wildman–Crippen MR) is 101 cm³/mol. The maximum atomic E-state index is 12.1. The van der Waals surface area contributed by atoms with Crippen LogP contribution in [0.2, 0.25) is 0 Å². The van der Waals surface area contributed by atoms with Crippen molar-refractivity contribution in [3.8, 4) is 5.75 Å². The molecule has 4 nitrogen and oxygen atoms in total. The number of carbonyl (C=O) groups is 1. The van der Waals surface area contributed by atoms with E-state index >= 15 is 0 Å². The van der Waals surface area contributed by atoms with Gasteiger partial charge in [-0.15, -0.1) is 0 Å². The van der Waals surface area contributed by atoms with Gasteiger partial charge in [-0.3, -0.25) is 0 Å². The Morgan fingerprint density at radius 3 is 2.62 bits per heavy atom. The Morgan fingerprint density at radius 1 is 1.08 bits per heavy atom. The van der Waals surface area contributed by atoms with Crippen molar-refractivity contribution in [3.63, 3.8) is 0 Å². The Morgan fingerprint density at radius 2 is 1.88 bits per heavy atom. The average molecular weight is 385 g/mol. The summed E-state index contributed by atoms with van der Waals surface area (Å²) in [7, 11) is 1.63. The van der Waals surface area contributed by atoms with Crippen molar-refractivity contribution in [1.82, 2.24) is 5.32 Å². The highest BCUT2D eigenvalue weighted by atomic mass is 79.9. The molecule has 0 unspecified atom stereocenters. The van der Waals surface area contributed by atoms with E-state index in [0.717, 1.165) is 32.2 Å². The molecule has 0 fully saturated rings. The van der Waals surface area contributed by atoms with Crippen LogP contribution in [0.1, 0.15) is 5.56 Å². The summed E-state index contributed by atoms with van der Waals surface area (Å²) in [6, 6.07) is 19.1. The first-order valence-electron chi connectivity index (χ1n) is 7.52. The fourth-order valence-corrected chi connectivity index (χ4v) is 2.96. The zero-order valence-corrected chi connectivity index (χ0v) is 14.8. The molecule has 0 saturated heterocycles. The highest BCUT2D eigenvalue weighted by Gasteiger charge is 2.10. The van der Waals surface area contributed by atoms with E-state index in [1.165, 1.54) is 0 Å². The second-order valence-corrected chi connectivity index (χ2v) is 6.20. The molecule has 0 aliphatic carbocycles. The molecule has 0 bridgehead atoms. The molecule has 3 aromatic carbocycles. The number of ether oxygens (including phenoxy) is 1. The second kappa shape index (κ2) is 7.36. The van der Waals surface area contributed by atoms with Crippen molar-refractivity contribution in [3.05, 3.63) is 70.7 Å². The number of carbonyl (C=O) groups excluding carboxylic acids is 1. The molecule has 0 saturated carbocycles. The van der Waals surface area contributed by atoms with E-state index in [0.29, 0.717) is 6.54 Å². The van der Waals surface area contributed by atoms with Crippen LogP contribution in [-0.2, 0) is 6.54 Å². The summed E-state index contributed by atoms with van der Waals surface area (Å²) >= 11 is 3.48. The number of methoxy groups -OCH3 is 1. The molecule has 2 amide bonds. The third-order valence-corrected chi connectivity index (χ3v) is 4.22. The molecule has 122 valence electrons. The summed E-state index contributed by atoms with van der Waals surface area (Å²) in [5.74, 6) is 0.754. The van der Waals surface area contributed by atoms with Crippen LogP contribution >= 0.6 is 15.9 Å². The maximum Gasteiger partial charge on any atom is 0.319 e. The number of nitrogens with one attached hydrogen (secondary N) is 2. The van der Waals surface area contributed by atoms with Crippen LogP contribution in [0, 0.1) is 0 Å². The van der Waals surface area contributed by atoms with Gasteiger partial charge in [0.2, 0.25) is 0 Å². The van der Waals surface area contributed by atoms with Gasteiger partial charge in [0.15, 0.2) is 0 Å². The molecule has 0 aliphatic rings. The first kappa shape index (κ1) is 16.3. The zero-order valence-electron chi connectivity index (χ0n) is 13.2. The van der Waals surface area contributed by atoms with Gasteiger partial charge in [0, 0.05) is 22.3 Å². The highest BCUT2D eigenvalue weighted by molar-refractivity contribution is 9.10. The summed E-state index contributed by atoms with van der Waals surface area (Å²) in [5, 5.41) is 7.84. The maximum absolute atomic E-state index is 12.1. The molecular formula is C19H17BrN2O2. The molecule has 0 spiro atoms. The Balaban J connectivity index is 1.80. The minimum absolute atomic E-state index is 0.252. The number of amides is 2. The van der Waals surface area contributed by atoms with Gasteiger partial charge in [0.05, 0.1) is 7.11 Å². The number of rotatable bonds is 4. The number of anilines is 1. The highest BCUT2D eigenvalue weighted by Crippen LogP contribution is 2.29. The molecule has 2 N–H and O–H groups in total. The third kappa shape index (κ3) is 3.68. The fraction of sp³-hybridized carbons (Fsp3) is 0.105. The number of urea groups is 1. The zero-order chi connectivity index (χ0) is 16.9. The fourth-order valence-electron chi connectivity index (χ4n) is 2.58. The Kier molecular flexibility index (Phi) is 5.01. The van der Waals surface area contributed by atoms with Gasteiger partial charge in [-0.05, 0) is 41.1 Å². The van der Waals surface area contributed by atoms with Crippen LogP contribution in [0.5, 0.6) is 5.75 Å². The summed E-state index contributed by atoms with van der Waals surface area (Å²) in [5.41, 5.74) is 1.70. The van der Waals surface area contributed by atoms with Crippen LogP contribution in [0.25, 0.3) is 10.8 Å². The van der Waals surface area contributed by atoms with Gasteiger partial charge in [-0.1, -0.05) is 46.3 Å². The van der Waals surface area contributed by atoms with E-state index in [1.807, 2.05) is 60.7 Å². The molecule has 24 heavy (non-hydrogen) atoms. The van der Waals surface area contributed by atoms with Crippen LogP contribution in [0.3, 0.4) is 0 Å². The van der Waals surface area contributed by atoms with Crippen molar-refractivity contribution in [2.75, 3.05) is 12.4 Å². The topological polar surface area (TPSA) is 50.4 Å². The first-order valence-corrected chi connectivity index (χ1v) is 8.31. The van der Waals surface area contributed by atoms with E-state index < -0.39 is 0 Å². The van der Waals surface area contributed by atoms with Crippen LogP contribution in [-0.4, -0.2) is 13.1 Å². The van der Waals surface area contributed by atoms with E-state index in [4.69, 9.17) is 4.74 Å². The SMILES string of the molecule is COc1ccc2cc(Br)ccc2c1CNC(=O)Nc1ccccc1. The van der Waals surface area contributed by atoms with Gasteiger partial charge < -0.3 is 15.4 Å². The van der Waals surface area contributed by atoms with E-state index in [2.05, 4.69) is 26.6 Å². The minimum Gasteiger partial charge on any atom is -0.496 e. The Hall–Kier alpha value is -2.53. The van der Waals surface area contributed by atoms with Crippen molar-refractivity contribution in [2.45, 2.75) is 6.54 Å². The minimum atomic E-state index is -0.252. The number of hydrogen-bond acceptors (Lipinski definition) is 2. The monoisotopic (exact) mass is 384 g/mol. The van der Waals surface area contributed by atoms with Crippen LogP contribution < -0.4 is 15.4 Å². The molecule has 3 rings (SSSR count). The normalized spacial score (nSPS) is 10.4. The van der Waals surface area contributed by atoms with Gasteiger partial charge >= 0.3 is 6.03 Å². The number of hydrogen-bond donors (Lipinski definition) is 2. The van der Waals surface area contributed by atoms with Gasteiger partial charge in [-0.25, -0.2) is 4.79 Å². The summed E-state index contributed by atoms with van der Waals surface area (Å²) < 4.78 is 6.47. The predicted octanol–water partition coefficient (Wildman–Crippen LogP) is 4.93. The number of benzene rings is 3. The van der Waals surface area contributed by atoms with Gasteiger partial charge in [0.1, 0.15) is 5.75 Å². The molecule has 0 heterocycles. The molecule has 0 atom stereocenters. The van der Waals surface area contributed by atoms with Crippen LogP contribution in [0.4, 0.5) is 10.5 Å². The lowest BCUT2D eigenvalue weighted by molar-refractivity contribution is 0.251. The van der Waals surface area contributed by atoms with E-state index in [-0.39, 0.29) is 6.03 Å². The molecule has 0 radical (unpaired) electrons. The van der Waals surface area contributed by atoms with Gasteiger partial charge in [0.25, 0.3) is 0 Å². The third-order valence-electron chi connectivity index (χ3n) is 3.73. The lowest BCUT2D eigenvalue weighted by atomic mass is 10.0. The second-order valence-electron chi connectivity index (χ2n) is 5.29. The lowest BCUT2D eigenvalue weighted by Gasteiger charge is -2.14. The number of fused-ring (bicyclic) bond motifs is 1. The van der Waals surface area contributed by atoms with Crippen molar-refractivity contribution in [1.29, 1.82) is 0 Å². The van der Waals surface area contributed by atoms with Crippen molar-refractivity contribution < 1.29 is 9.53 Å². The van der Waals surface area contributed by atoms with Crippen molar-refractivity contribution >= 4 is 38.4 Å². The summed E-state index contributed by atoms with van der Waals surface area (Å²) in [4.78, 5) is 12.1. The Bertz CT molecular complexity index is 866. The van der Waals surface area contributed by atoms with Gasteiger partial charge in [-0.2, -0.15) is 0 Å².